The molecule has 1 N–H and O–H groups in total. The molecule has 2 unspecified atom stereocenters. The minimum absolute atomic E-state index is 0. The first kappa shape index (κ1) is 19.7. The van der Waals surface area contributed by atoms with Crippen LogP contribution in [0.1, 0.15) is 52.9 Å². The zero-order valence-corrected chi connectivity index (χ0v) is 15.4. The number of hydrogen-bond acceptors (Lipinski definition) is 3. The Morgan fingerprint density at radius 3 is 2.32 bits per heavy atom. The Morgan fingerprint density at radius 1 is 1.23 bits per heavy atom. The maximum atomic E-state index is 12.8. The summed E-state index contributed by atoms with van der Waals surface area (Å²) in [4.78, 5) is 14.8. The van der Waals surface area contributed by atoms with E-state index in [-0.39, 0.29) is 23.7 Å². The summed E-state index contributed by atoms with van der Waals surface area (Å²) in [5.74, 6) is 0.566. The maximum absolute atomic E-state index is 12.8. The molecule has 1 aliphatic heterocycles. The third-order valence-corrected chi connectivity index (χ3v) is 5.93. The van der Waals surface area contributed by atoms with Gasteiger partial charge in [-0.15, -0.1) is 12.4 Å². The van der Waals surface area contributed by atoms with Crippen molar-refractivity contribution >= 4 is 18.3 Å². The largest absolute Gasteiger partial charge is 0.378 e. The summed E-state index contributed by atoms with van der Waals surface area (Å²) in [6.45, 7) is 9.26. The lowest BCUT2D eigenvalue weighted by molar-refractivity contribution is -0.179. The summed E-state index contributed by atoms with van der Waals surface area (Å²) in [7, 11) is 2.01. The van der Waals surface area contributed by atoms with E-state index in [0.29, 0.717) is 18.1 Å². The van der Waals surface area contributed by atoms with Crippen molar-refractivity contribution in [2.45, 2.75) is 65.0 Å². The lowest BCUT2D eigenvalue weighted by atomic mass is 9.58. The zero-order chi connectivity index (χ0) is 15.5. The molecule has 2 rings (SSSR count). The van der Waals surface area contributed by atoms with E-state index < -0.39 is 0 Å². The summed E-state index contributed by atoms with van der Waals surface area (Å²) in [5.41, 5.74) is 0.160. The van der Waals surface area contributed by atoms with Gasteiger partial charge in [-0.1, -0.05) is 13.8 Å². The van der Waals surface area contributed by atoms with Gasteiger partial charge in [0.15, 0.2) is 0 Å². The molecule has 1 saturated carbocycles. The molecular formula is C17H33ClN2O2. The minimum atomic E-state index is 0. The molecule has 1 aliphatic carbocycles. The van der Waals surface area contributed by atoms with Gasteiger partial charge in [-0.3, -0.25) is 4.79 Å². The summed E-state index contributed by atoms with van der Waals surface area (Å²) < 4.78 is 5.93. The van der Waals surface area contributed by atoms with Crippen molar-refractivity contribution < 1.29 is 9.53 Å². The molecule has 22 heavy (non-hydrogen) atoms. The third kappa shape index (κ3) is 3.44. The van der Waals surface area contributed by atoms with E-state index in [1.165, 1.54) is 0 Å². The first-order valence-electron chi connectivity index (χ1n) is 8.69. The molecule has 0 aromatic heterocycles. The second-order valence-electron chi connectivity index (χ2n) is 6.61. The van der Waals surface area contributed by atoms with Crippen LogP contribution in [0, 0.1) is 11.3 Å². The van der Waals surface area contributed by atoms with Crippen LogP contribution < -0.4 is 5.32 Å². The van der Waals surface area contributed by atoms with E-state index in [2.05, 4.69) is 31.0 Å². The molecule has 0 bridgehead atoms. The monoisotopic (exact) mass is 332 g/mol. The van der Waals surface area contributed by atoms with Crippen LogP contribution in [0.25, 0.3) is 0 Å². The number of piperidine rings is 1. The molecule has 0 aromatic rings. The number of ether oxygens (including phenoxy) is 1. The molecule has 1 heterocycles. The maximum Gasteiger partial charge on any atom is 0.225 e. The van der Waals surface area contributed by atoms with E-state index in [1.54, 1.807) is 0 Å². The Kier molecular flexibility index (Phi) is 7.63. The number of hydrogen-bond donors (Lipinski definition) is 1. The highest BCUT2D eigenvalue weighted by Gasteiger charge is 2.56. The molecule has 2 aliphatic rings. The van der Waals surface area contributed by atoms with Crippen molar-refractivity contribution in [1.82, 2.24) is 10.2 Å². The van der Waals surface area contributed by atoms with Gasteiger partial charge >= 0.3 is 0 Å². The van der Waals surface area contributed by atoms with E-state index in [1.807, 2.05) is 7.05 Å². The molecule has 5 heteroatoms. The molecule has 0 spiro atoms. The number of nitrogens with one attached hydrogen (secondary N) is 1. The normalized spacial score (nSPS) is 27.6. The predicted octanol–water partition coefficient (Wildman–Crippen LogP) is 2.85. The van der Waals surface area contributed by atoms with Crippen molar-refractivity contribution in [2.24, 2.45) is 11.3 Å². The average molecular weight is 333 g/mol. The molecule has 2 atom stereocenters. The van der Waals surface area contributed by atoms with E-state index in [9.17, 15) is 4.79 Å². The quantitative estimate of drug-likeness (QED) is 0.813. The first-order chi connectivity index (χ1) is 10.1. The lowest BCUT2D eigenvalue weighted by Crippen LogP contribution is -2.65. The number of rotatable bonds is 6. The fourth-order valence-electron chi connectivity index (χ4n) is 4.39. The molecule has 4 nitrogen and oxygen atoms in total. The third-order valence-electron chi connectivity index (χ3n) is 5.93. The van der Waals surface area contributed by atoms with Crippen molar-refractivity contribution in [3.8, 4) is 0 Å². The minimum Gasteiger partial charge on any atom is -0.378 e. The van der Waals surface area contributed by atoms with Crippen molar-refractivity contribution in [3.05, 3.63) is 0 Å². The molecule has 2 fully saturated rings. The highest BCUT2D eigenvalue weighted by atomic mass is 35.5. The molecule has 1 amide bonds. The second-order valence-corrected chi connectivity index (χ2v) is 6.61. The van der Waals surface area contributed by atoms with Crippen LogP contribution in [0.5, 0.6) is 0 Å². The van der Waals surface area contributed by atoms with Gasteiger partial charge in [0.05, 0.1) is 6.10 Å². The molecule has 0 aromatic carbocycles. The van der Waals surface area contributed by atoms with Crippen LogP contribution in [0.2, 0.25) is 0 Å². The SMILES string of the molecule is CCOC1CC(N(C)C(=O)C2CCNCC2)C1(CC)CC.Cl. The molecular weight excluding hydrogens is 300 g/mol. The fourth-order valence-corrected chi connectivity index (χ4v) is 4.39. The van der Waals surface area contributed by atoms with Crippen molar-refractivity contribution in [1.29, 1.82) is 0 Å². The number of halogens is 1. The van der Waals surface area contributed by atoms with Gasteiger partial charge in [0.25, 0.3) is 0 Å². The van der Waals surface area contributed by atoms with Gasteiger partial charge in [-0.25, -0.2) is 0 Å². The van der Waals surface area contributed by atoms with Crippen LogP contribution >= 0.6 is 12.4 Å². The van der Waals surface area contributed by atoms with Gasteiger partial charge in [-0.05, 0) is 52.1 Å². The summed E-state index contributed by atoms with van der Waals surface area (Å²) in [5, 5.41) is 3.34. The summed E-state index contributed by atoms with van der Waals surface area (Å²) >= 11 is 0. The van der Waals surface area contributed by atoms with Gasteiger partial charge in [0.1, 0.15) is 0 Å². The zero-order valence-electron chi connectivity index (χ0n) is 14.6. The Hall–Kier alpha value is -0.320. The topological polar surface area (TPSA) is 41.6 Å². The van der Waals surface area contributed by atoms with Crippen molar-refractivity contribution in [2.75, 3.05) is 26.7 Å². The van der Waals surface area contributed by atoms with E-state index in [0.717, 1.165) is 51.8 Å². The van der Waals surface area contributed by atoms with Crippen molar-refractivity contribution in [3.63, 3.8) is 0 Å². The van der Waals surface area contributed by atoms with Gasteiger partial charge < -0.3 is 15.0 Å². The number of nitrogens with zero attached hydrogens (tertiary/aromatic N) is 1. The Bertz CT molecular complexity index is 355. The summed E-state index contributed by atoms with van der Waals surface area (Å²) in [6.07, 6.45) is 5.46. The number of carbonyl (C=O) groups is 1. The lowest BCUT2D eigenvalue weighted by Gasteiger charge is -2.58. The van der Waals surface area contributed by atoms with Gasteiger partial charge in [-0.2, -0.15) is 0 Å². The number of carbonyl (C=O) groups excluding carboxylic acids is 1. The number of amides is 1. The van der Waals surface area contributed by atoms with E-state index in [4.69, 9.17) is 4.74 Å². The Morgan fingerprint density at radius 2 is 1.82 bits per heavy atom. The molecule has 0 radical (unpaired) electrons. The van der Waals surface area contributed by atoms with Gasteiger partial charge in [0.2, 0.25) is 5.91 Å². The van der Waals surface area contributed by atoms with Crippen LogP contribution in [0.3, 0.4) is 0 Å². The first-order valence-corrected chi connectivity index (χ1v) is 8.69. The second kappa shape index (κ2) is 8.51. The highest BCUT2D eigenvalue weighted by Crippen LogP contribution is 2.51. The highest BCUT2D eigenvalue weighted by molar-refractivity contribution is 5.85. The fraction of sp³-hybridized carbons (Fsp3) is 0.941. The average Bonchev–Trinajstić information content (AvgIpc) is 2.52. The van der Waals surface area contributed by atoms with Crippen LogP contribution in [-0.2, 0) is 9.53 Å². The predicted molar refractivity (Wildman–Crippen MR) is 92.4 cm³/mol. The summed E-state index contributed by atoms with van der Waals surface area (Å²) in [6, 6.07) is 0.353. The Balaban J connectivity index is 0.00000242. The smallest absolute Gasteiger partial charge is 0.225 e. The van der Waals surface area contributed by atoms with Crippen LogP contribution in [0.4, 0.5) is 0 Å². The van der Waals surface area contributed by atoms with Crippen LogP contribution in [-0.4, -0.2) is 49.7 Å². The molecule has 1 saturated heterocycles. The standard InChI is InChI=1S/C17H32N2O2.ClH/c1-5-17(6-2)14(12-15(17)21-7-3)19(4)16(20)13-8-10-18-11-9-13;/h13-15,18H,5-12H2,1-4H3;1H. The Labute approximate surface area is 141 Å². The van der Waals surface area contributed by atoms with Crippen LogP contribution in [0.15, 0.2) is 0 Å². The van der Waals surface area contributed by atoms with E-state index >= 15 is 0 Å². The van der Waals surface area contributed by atoms with Gasteiger partial charge in [0, 0.05) is 31.0 Å². The molecule has 130 valence electrons.